The SMILES string of the molecule is CCCC1=C(CCC)C(C)(c2ccc(F)cc2)O/C1=C/c1ccccc1. The van der Waals surface area contributed by atoms with Gasteiger partial charge in [0.1, 0.15) is 11.6 Å². The molecule has 26 heavy (non-hydrogen) atoms. The molecule has 2 aromatic rings. The van der Waals surface area contributed by atoms with E-state index in [1.807, 2.05) is 30.3 Å². The molecule has 0 saturated heterocycles. The summed E-state index contributed by atoms with van der Waals surface area (Å²) in [5.41, 5.74) is 4.25. The average molecular weight is 350 g/mol. The topological polar surface area (TPSA) is 9.23 Å². The summed E-state index contributed by atoms with van der Waals surface area (Å²) in [5.74, 6) is 0.735. The maximum absolute atomic E-state index is 13.4. The van der Waals surface area contributed by atoms with Gasteiger partial charge >= 0.3 is 0 Å². The third-order valence-electron chi connectivity index (χ3n) is 5.04. The van der Waals surface area contributed by atoms with Crippen molar-refractivity contribution in [3.8, 4) is 0 Å². The van der Waals surface area contributed by atoms with E-state index in [0.29, 0.717) is 0 Å². The van der Waals surface area contributed by atoms with Crippen molar-refractivity contribution >= 4 is 6.08 Å². The minimum absolute atomic E-state index is 0.217. The highest BCUT2D eigenvalue weighted by molar-refractivity contribution is 5.60. The zero-order valence-corrected chi connectivity index (χ0v) is 15.9. The third-order valence-corrected chi connectivity index (χ3v) is 5.04. The summed E-state index contributed by atoms with van der Waals surface area (Å²) >= 11 is 0. The van der Waals surface area contributed by atoms with Gasteiger partial charge in [-0.1, -0.05) is 69.2 Å². The van der Waals surface area contributed by atoms with E-state index in [1.54, 1.807) is 0 Å². The maximum atomic E-state index is 13.4. The van der Waals surface area contributed by atoms with E-state index in [-0.39, 0.29) is 5.82 Å². The zero-order valence-electron chi connectivity index (χ0n) is 15.9. The van der Waals surface area contributed by atoms with Gasteiger partial charge in [0.05, 0.1) is 0 Å². The second kappa shape index (κ2) is 7.90. The molecule has 0 N–H and O–H groups in total. The minimum atomic E-state index is -0.533. The lowest BCUT2D eigenvalue weighted by atomic mass is 9.83. The molecule has 0 amide bonds. The van der Waals surface area contributed by atoms with Crippen LogP contribution in [0.5, 0.6) is 0 Å². The molecule has 1 aliphatic rings. The first-order valence-electron chi connectivity index (χ1n) is 9.53. The van der Waals surface area contributed by atoms with E-state index in [1.165, 1.54) is 23.3 Å². The van der Waals surface area contributed by atoms with Crippen molar-refractivity contribution in [1.29, 1.82) is 0 Å². The fourth-order valence-corrected chi connectivity index (χ4v) is 3.76. The van der Waals surface area contributed by atoms with Crippen molar-refractivity contribution in [3.63, 3.8) is 0 Å². The van der Waals surface area contributed by atoms with Crippen molar-refractivity contribution < 1.29 is 9.13 Å². The molecule has 1 heterocycles. The van der Waals surface area contributed by atoms with Gasteiger partial charge in [-0.15, -0.1) is 0 Å². The quantitative estimate of drug-likeness (QED) is 0.544. The summed E-state index contributed by atoms with van der Waals surface area (Å²) in [7, 11) is 0. The molecule has 3 rings (SSSR count). The highest BCUT2D eigenvalue weighted by atomic mass is 19.1. The largest absolute Gasteiger partial charge is 0.478 e. The van der Waals surface area contributed by atoms with Gasteiger partial charge in [-0.2, -0.15) is 0 Å². The summed E-state index contributed by atoms with van der Waals surface area (Å²) in [6.45, 7) is 6.51. The molecule has 0 aromatic heterocycles. The molecule has 0 bridgehead atoms. The van der Waals surface area contributed by atoms with Crippen molar-refractivity contribution in [2.24, 2.45) is 0 Å². The van der Waals surface area contributed by atoms with Gasteiger partial charge in [0.25, 0.3) is 0 Å². The summed E-state index contributed by atoms with van der Waals surface area (Å²) in [5, 5.41) is 0. The van der Waals surface area contributed by atoms with E-state index in [0.717, 1.165) is 42.6 Å². The smallest absolute Gasteiger partial charge is 0.153 e. The number of halogens is 1. The fourth-order valence-electron chi connectivity index (χ4n) is 3.76. The van der Waals surface area contributed by atoms with Crippen molar-refractivity contribution in [3.05, 3.63) is 88.4 Å². The predicted octanol–water partition coefficient (Wildman–Crippen LogP) is 7.01. The molecule has 136 valence electrons. The number of allylic oxidation sites excluding steroid dienone is 1. The summed E-state index contributed by atoms with van der Waals surface area (Å²) in [6, 6.07) is 17.0. The standard InChI is InChI=1S/C24H27FO/c1-4-9-21-22(10-5-2)24(3,19-13-15-20(25)16-14-19)26-23(21)17-18-11-7-6-8-12-18/h6-8,11-17H,4-5,9-10H2,1-3H3/b23-17+. The number of rotatable bonds is 6. The Bertz CT molecular complexity index is 802. The van der Waals surface area contributed by atoms with Gasteiger partial charge < -0.3 is 4.74 Å². The zero-order chi connectivity index (χ0) is 18.6. The van der Waals surface area contributed by atoms with E-state index >= 15 is 0 Å². The lowest BCUT2D eigenvalue weighted by molar-refractivity contribution is 0.0721. The second-order valence-corrected chi connectivity index (χ2v) is 7.02. The van der Waals surface area contributed by atoms with Crippen molar-refractivity contribution in [2.45, 2.75) is 52.1 Å². The average Bonchev–Trinajstić information content (AvgIpc) is 2.90. The van der Waals surface area contributed by atoms with E-state index in [2.05, 4.69) is 39.0 Å². The second-order valence-electron chi connectivity index (χ2n) is 7.02. The van der Waals surface area contributed by atoms with Crippen LogP contribution in [0.2, 0.25) is 0 Å². The third kappa shape index (κ3) is 3.60. The number of ether oxygens (including phenoxy) is 1. The fraction of sp³-hybridized carbons (Fsp3) is 0.333. The maximum Gasteiger partial charge on any atom is 0.153 e. The Morgan fingerprint density at radius 3 is 2.19 bits per heavy atom. The normalized spacial score (nSPS) is 21.3. The molecule has 1 aliphatic heterocycles. The molecule has 0 fully saturated rings. The number of hydrogen-bond acceptors (Lipinski definition) is 1. The van der Waals surface area contributed by atoms with Crippen LogP contribution < -0.4 is 0 Å². The van der Waals surface area contributed by atoms with Crippen LogP contribution in [0.25, 0.3) is 6.08 Å². The summed E-state index contributed by atoms with van der Waals surface area (Å²) in [6.07, 6.45) is 6.23. The number of hydrogen-bond donors (Lipinski definition) is 0. The van der Waals surface area contributed by atoms with Gasteiger partial charge in [-0.25, -0.2) is 4.39 Å². The molecule has 0 radical (unpaired) electrons. The Morgan fingerprint density at radius 2 is 1.58 bits per heavy atom. The van der Waals surface area contributed by atoms with Crippen LogP contribution in [0.3, 0.4) is 0 Å². The molecule has 1 nitrogen and oxygen atoms in total. The Morgan fingerprint density at radius 1 is 0.923 bits per heavy atom. The molecule has 0 spiro atoms. The molecule has 2 heteroatoms. The molecule has 0 saturated carbocycles. The lowest BCUT2D eigenvalue weighted by Crippen LogP contribution is -2.24. The van der Waals surface area contributed by atoms with Gasteiger partial charge in [0.2, 0.25) is 0 Å². The van der Waals surface area contributed by atoms with Crippen LogP contribution in [0.4, 0.5) is 4.39 Å². The van der Waals surface area contributed by atoms with Crippen molar-refractivity contribution in [1.82, 2.24) is 0 Å². The van der Waals surface area contributed by atoms with Gasteiger partial charge in [0.15, 0.2) is 5.60 Å². The Balaban J connectivity index is 2.11. The highest BCUT2D eigenvalue weighted by Crippen LogP contribution is 2.49. The minimum Gasteiger partial charge on any atom is -0.478 e. The van der Waals surface area contributed by atoms with E-state index in [4.69, 9.17) is 4.74 Å². The van der Waals surface area contributed by atoms with Gasteiger partial charge in [-0.05, 0) is 60.2 Å². The van der Waals surface area contributed by atoms with E-state index < -0.39 is 5.60 Å². The Labute approximate surface area is 156 Å². The molecule has 2 aromatic carbocycles. The summed E-state index contributed by atoms with van der Waals surface area (Å²) in [4.78, 5) is 0. The highest BCUT2D eigenvalue weighted by Gasteiger charge is 2.41. The van der Waals surface area contributed by atoms with Crippen molar-refractivity contribution in [2.75, 3.05) is 0 Å². The van der Waals surface area contributed by atoms with Gasteiger partial charge in [-0.3, -0.25) is 0 Å². The van der Waals surface area contributed by atoms with Crippen LogP contribution in [0.15, 0.2) is 71.5 Å². The van der Waals surface area contributed by atoms with Crippen LogP contribution in [-0.2, 0) is 10.3 Å². The monoisotopic (exact) mass is 350 g/mol. The van der Waals surface area contributed by atoms with Crippen LogP contribution in [0.1, 0.15) is 57.6 Å². The predicted molar refractivity (Wildman–Crippen MR) is 106 cm³/mol. The Kier molecular flexibility index (Phi) is 5.61. The molecule has 1 atom stereocenters. The van der Waals surface area contributed by atoms with Crippen LogP contribution in [0, 0.1) is 5.82 Å². The van der Waals surface area contributed by atoms with Crippen LogP contribution in [-0.4, -0.2) is 0 Å². The summed E-state index contributed by atoms with van der Waals surface area (Å²) < 4.78 is 20.0. The first kappa shape index (κ1) is 18.4. The first-order chi connectivity index (χ1) is 12.6. The van der Waals surface area contributed by atoms with Crippen LogP contribution >= 0.6 is 0 Å². The van der Waals surface area contributed by atoms with E-state index in [9.17, 15) is 4.39 Å². The molecule has 1 unspecified atom stereocenters. The lowest BCUT2D eigenvalue weighted by Gasteiger charge is -2.28. The molecule has 0 aliphatic carbocycles. The number of benzene rings is 2. The Hall–Kier alpha value is -2.35. The first-order valence-corrected chi connectivity index (χ1v) is 9.53. The molecular weight excluding hydrogens is 323 g/mol. The van der Waals surface area contributed by atoms with Gasteiger partial charge in [0, 0.05) is 0 Å². The molecular formula is C24H27FO.